The third-order valence-corrected chi connectivity index (χ3v) is 4.79. The van der Waals surface area contributed by atoms with Crippen LogP contribution in [0.2, 0.25) is 0 Å². The Morgan fingerprint density at radius 2 is 1.58 bits per heavy atom. The molecular weight excluding hydrogens is 399 g/mol. The molecule has 0 aromatic heterocycles. The predicted octanol–water partition coefficient (Wildman–Crippen LogP) is 4.84. The van der Waals surface area contributed by atoms with Crippen molar-refractivity contribution in [1.29, 1.82) is 0 Å². The lowest BCUT2D eigenvalue weighted by Gasteiger charge is -2.33. The highest BCUT2D eigenvalue weighted by Gasteiger charge is 2.45. The van der Waals surface area contributed by atoms with E-state index in [2.05, 4.69) is 0 Å². The second-order valence-electron chi connectivity index (χ2n) is 7.13. The van der Waals surface area contributed by atoms with Gasteiger partial charge in [0.25, 0.3) is 0 Å². The molecule has 31 heavy (non-hydrogen) atoms. The summed E-state index contributed by atoms with van der Waals surface area (Å²) in [7, 11) is 0. The van der Waals surface area contributed by atoms with E-state index < -0.39 is 23.5 Å². The van der Waals surface area contributed by atoms with Gasteiger partial charge in [-0.25, -0.2) is 9.18 Å². The SMILES string of the molecule is CCOC(=O)C(C)(Oc1ccc(F)cc1)C(O)c1ccc(OCc2ccccc2)cc1. The van der Waals surface area contributed by atoms with Crippen LogP contribution in [0.1, 0.15) is 31.1 Å². The fourth-order valence-corrected chi connectivity index (χ4v) is 3.04. The molecular formula is C25H25FO5. The predicted molar refractivity (Wildman–Crippen MR) is 114 cm³/mol. The van der Waals surface area contributed by atoms with E-state index in [9.17, 15) is 14.3 Å². The molecule has 3 rings (SSSR count). The van der Waals surface area contributed by atoms with Crippen LogP contribution < -0.4 is 9.47 Å². The first-order valence-corrected chi connectivity index (χ1v) is 9.99. The van der Waals surface area contributed by atoms with Gasteiger partial charge in [-0.15, -0.1) is 0 Å². The van der Waals surface area contributed by atoms with Crippen molar-refractivity contribution in [2.45, 2.75) is 32.2 Å². The molecule has 2 atom stereocenters. The first-order chi connectivity index (χ1) is 14.9. The Balaban J connectivity index is 1.77. The van der Waals surface area contributed by atoms with Crippen LogP contribution in [0.5, 0.6) is 11.5 Å². The summed E-state index contributed by atoms with van der Waals surface area (Å²) in [5.41, 5.74) is -0.251. The van der Waals surface area contributed by atoms with Gasteiger partial charge in [-0.1, -0.05) is 42.5 Å². The fraction of sp³-hybridized carbons (Fsp3) is 0.240. The molecule has 0 aliphatic rings. The monoisotopic (exact) mass is 424 g/mol. The average Bonchev–Trinajstić information content (AvgIpc) is 2.80. The van der Waals surface area contributed by atoms with Gasteiger partial charge in [-0.2, -0.15) is 0 Å². The van der Waals surface area contributed by atoms with Crippen LogP contribution >= 0.6 is 0 Å². The zero-order valence-corrected chi connectivity index (χ0v) is 17.5. The van der Waals surface area contributed by atoms with E-state index >= 15 is 0 Å². The van der Waals surface area contributed by atoms with Crippen LogP contribution in [0.3, 0.4) is 0 Å². The summed E-state index contributed by atoms with van der Waals surface area (Å²) in [6.07, 6.45) is -1.33. The Bertz CT molecular complexity index is 973. The second-order valence-corrected chi connectivity index (χ2v) is 7.13. The molecule has 0 radical (unpaired) electrons. The van der Waals surface area contributed by atoms with E-state index in [1.54, 1.807) is 31.2 Å². The smallest absolute Gasteiger partial charge is 0.353 e. The maximum atomic E-state index is 13.2. The minimum Gasteiger partial charge on any atom is -0.489 e. The number of hydrogen-bond acceptors (Lipinski definition) is 5. The molecule has 0 amide bonds. The Morgan fingerprint density at radius 1 is 0.968 bits per heavy atom. The maximum absolute atomic E-state index is 13.2. The number of esters is 1. The van der Waals surface area contributed by atoms with Crippen LogP contribution in [0.25, 0.3) is 0 Å². The van der Waals surface area contributed by atoms with Crippen molar-refractivity contribution in [3.05, 3.63) is 95.8 Å². The molecule has 2 unspecified atom stereocenters. The van der Waals surface area contributed by atoms with Crippen molar-refractivity contribution in [2.75, 3.05) is 6.61 Å². The highest BCUT2D eigenvalue weighted by Crippen LogP contribution is 2.33. The van der Waals surface area contributed by atoms with Gasteiger partial charge in [0.15, 0.2) is 0 Å². The largest absolute Gasteiger partial charge is 0.489 e. The molecule has 0 aliphatic heterocycles. The molecule has 0 heterocycles. The lowest BCUT2D eigenvalue weighted by atomic mass is 9.92. The second kappa shape index (κ2) is 10.1. The lowest BCUT2D eigenvalue weighted by Crippen LogP contribution is -2.48. The Hall–Kier alpha value is -3.38. The standard InChI is InChI=1S/C25H25FO5/c1-3-29-24(28)25(2,31-22-15-11-20(26)12-16-22)23(27)19-9-13-21(14-10-19)30-17-18-7-5-4-6-8-18/h4-16,23,27H,3,17H2,1-2H3. The normalized spacial score (nSPS) is 13.7. The van der Waals surface area contributed by atoms with Crippen molar-refractivity contribution >= 4 is 5.97 Å². The minimum absolute atomic E-state index is 0.125. The fourth-order valence-electron chi connectivity index (χ4n) is 3.04. The Labute approximate surface area is 181 Å². The highest BCUT2D eigenvalue weighted by atomic mass is 19.1. The summed E-state index contributed by atoms with van der Waals surface area (Å²) < 4.78 is 29.9. The third-order valence-electron chi connectivity index (χ3n) is 4.79. The summed E-state index contributed by atoms with van der Waals surface area (Å²) in [5.74, 6) is -0.302. The Kier molecular flexibility index (Phi) is 7.26. The van der Waals surface area contributed by atoms with Gasteiger partial charge in [0, 0.05) is 0 Å². The van der Waals surface area contributed by atoms with Crippen LogP contribution in [0.4, 0.5) is 4.39 Å². The summed E-state index contributed by atoms with van der Waals surface area (Å²) in [4.78, 5) is 12.7. The maximum Gasteiger partial charge on any atom is 0.353 e. The molecule has 5 nitrogen and oxygen atoms in total. The molecule has 0 aliphatic carbocycles. The van der Waals surface area contributed by atoms with Gasteiger partial charge in [0.1, 0.15) is 30.0 Å². The van der Waals surface area contributed by atoms with E-state index in [1.807, 2.05) is 30.3 Å². The van der Waals surface area contributed by atoms with Crippen molar-refractivity contribution < 1.29 is 28.5 Å². The molecule has 3 aromatic carbocycles. The van der Waals surface area contributed by atoms with E-state index in [1.165, 1.54) is 31.2 Å². The molecule has 0 saturated heterocycles. The lowest BCUT2D eigenvalue weighted by molar-refractivity contribution is -0.171. The number of aliphatic hydroxyl groups is 1. The van der Waals surface area contributed by atoms with Crippen molar-refractivity contribution in [3.63, 3.8) is 0 Å². The van der Waals surface area contributed by atoms with Crippen LogP contribution in [0, 0.1) is 5.82 Å². The summed E-state index contributed by atoms with van der Waals surface area (Å²) in [6.45, 7) is 3.65. The molecule has 0 saturated carbocycles. The number of rotatable bonds is 9. The highest BCUT2D eigenvalue weighted by molar-refractivity contribution is 5.80. The molecule has 0 bridgehead atoms. The van der Waals surface area contributed by atoms with E-state index in [4.69, 9.17) is 14.2 Å². The molecule has 0 spiro atoms. The van der Waals surface area contributed by atoms with Gasteiger partial charge < -0.3 is 19.3 Å². The van der Waals surface area contributed by atoms with Crippen molar-refractivity contribution in [1.82, 2.24) is 0 Å². The minimum atomic E-state index is -1.74. The van der Waals surface area contributed by atoms with Gasteiger partial charge in [0.05, 0.1) is 6.61 Å². The summed E-state index contributed by atoms with van der Waals surface area (Å²) in [5, 5.41) is 11.0. The van der Waals surface area contributed by atoms with Gasteiger partial charge in [-0.05, 0) is 61.4 Å². The zero-order valence-electron chi connectivity index (χ0n) is 17.5. The van der Waals surface area contributed by atoms with E-state index in [-0.39, 0.29) is 12.4 Å². The van der Waals surface area contributed by atoms with E-state index in [0.717, 1.165) is 5.56 Å². The number of carbonyl (C=O) groups is 1. The van der Waals surface area contributed by atoms with Crippen molar-refractivity contribution in [3.8, 4) is 11.5 Å². The zero-order chi connectivity index (χ0) is 22.3. The molecule has 162 valence electrons. The quantitative estimate of drug-likeness (QED) is 0.498. The number of carbonyl (C=O) groups excluding carboxylic acids is 1. The van der Waals surface area contributed by atoms with Crippen LogP contribution in [0.15, 0.2) is 78.9 Å². The molecule has 6 heteroatoms. The summed E-state index contributed by atoms with van der Waals surface area (Å²) >= 11 is 0. The van der Waals surface area contributed by atoms with Crippen molar-refractivity contribution in [2.24, 2.45) is 0 Å². The first kappa shape index (κ1) is 22.3. The average molecular weight is 424 g/mol. The number of halogens is 1. The van der Waals surface area contributed by atoms with Gasteiger partial charge >= 0.3 is 5.97 Å². The molecule has 1 N–H and O–H groups in total. The number of benzene rings is 3. The van der Waals surface area contributed by atoms with E-state index in [0.29, 0.717) is 17.9 Å². The molecule has 3 aromatic rings. The van der Waals surface area contributed by atoms with Gasteiger partial charge in [-0.3, -0.25) is 0 Å². The number of hydrogen-bond donors (Lipinski definition) is 1. The first-order valence-electron chi connectivity index (χ1n) is 9.99. The molecule has 0 fully saturated rings. The third kappa shape index (κ3) is 5.61. The summed E-state index contributed by atoms with van der Waals surface area (Å²) in [6, 6.07) is 21.7. The number of aliphatic hydroxyl groups excluding tert-OH is 1. The topological polar surface area (TPSA) is 65.0 Å². The van der Waals surface area contributed by atoms with Crippen LogP contribution in [-0.2, 0) is 16.1 Å². The Morgan fingerprint density at radius 3 is 2.19 bits per heavy atom. The van der Waals surface area contributed by atoms with Gasteiger partial charge in [0.2, 0.25) is 5.60 Å². The van der Waals surface area contributed by atoms with Crippen LogP contribution in [-0.4, -0.2) is 23.3 Å². The number of ether oxygens (including phenoxy) is 3.